The summed E-state index contributed by atoms with van der Waals surface area (Å²) >= 11 is 0. The Labute approximate surface area is 236 Å². The Balaban J connectivity index is 1.58. The Bertz CT molecular complexity index is 1070. The summed E-state index contributed by atoms with van der Waals surface area (Å²) in [5.41, 5.74) is 0.668. The molecular weight excluding hydrogens is 488 g/mol. The van der Waals surface area contributed by atoms with Crippen molar-refractivity contribution in [2.45, 2.75) is 138 Å². The SMILES string of the molecule is CC(=O)O[C@H]1C[C@]2(C)[C@H](CC[C@@H]3[C@@]4(C)CC[C@H](OC(C)=O)C(C)(C)C4=CC[C@]32C)[C@@]2(C)CC[C@@H](C(C)(C)O)[C@H]12. The van der Waals surface area contributed by atoms with Crippen molar-refractivity contribution < 1.29 is 24.2 Å². The van der Waals surface area contributed by atoms with Crippen LogP contribution in [0.1, 0.15) is 121 Å². The summed E-state index contributed by atoms with van der Waals surface area (Å²) in [6.45, 7) is 21.5. The Kier molecular flexibility index (Phi) is 6.59. The van der Waals surface area contributed by atoms with Gasteiger partial charge in [-0.05, 0) is 105 Å². The zero-order chi connectivity index (χ0) is 29.0. The van der Waals surface area contributed by atoms with E-state index < -0.39 is 5.60 Å². The predicted octanol–water partition coefficient (Wildman–Crippen LogP) is 7.25. The zero-order valence-electron chi connectivity index (χ0n) is 26.3. The number of hydrogen-bond acceptors (Lipinski definition) is 5. The van der Waals surface area contributed by atoms with Crippen LogP contribution in [0, 0.1) is 50.7 Å². The van der Waals surface area contributed by atoms with E-state index in [1.807, 2.05) is 13.8 Å². The molecule has 0 aromatic rings. The number of hydrogen-bond donors (Lipinski definition) is 1. The number of rotatable bonds is 3. The van der Waals surface area contributed by atoms with Gasteiger partial charge in [-0.25, -0.2) is 0 Å². The summed E-state index contributed by atoms with van der Waals surface area (Å²) in [5, 5.41) is 11.2. The third kappa shape index (κ3) is 3.94. The van der Waals surface area contributed by atoms with Crippen LogP contribution in [0.4, 0.5) is 0 Å². The van der Waals surface area contributed by atoms with E-state index in [1.165, 1.54) is 25.3 Å². The van der Waals surface area contributed by atoms with Crippen molar-refractivity contribution >= 4 is 11.9 Å². The van der Waals surface area contributed by atoms with Crippen LogP contribution in [0.15, 0.2) is 11.6 Å². The fourth-order valence-electron chi connectivity index (χ4n) is 12.0. The molecule has 0 bridgehead atoms. The summed E-state index contributed by atoms with van der Waals surface area (Å²) in [7, 11) is 0. The fraction of sp³-hybridized carbons (Fsp3) is 0.882. The van der Waals surface area contributed by atoms with Gasteiger partial charge in [-0.15, -0.1) is 0 Å². The zero-order valence-corrected chi connectivity index (χ0v) is 26.3. The first kappa shape index (κ1) is 29.1. The van der Waals surface area contributed by atoms with Gasteiger partial charge in [0.15, 0.2) is 0 Å². The number of ether oxygens (including phenoxy) is 2. The number of aliphatic hydroxyl groups is 1. The standard InChI is InChI=1S/C34H54O5/c1-20(35)38-23-19-34(10)26(32(8)16-13-22(28(23)32)30(5,6)37)12-11-25-31(7)17-15-27(39-21(2)36)29(3,4)24(31)14-18-33(25,34)9/h14,22-23,25-28,37H,11-13,15-19H2,1-10H3/t22-,23+,25-,26-,27+,28-,31+,32-,33-,34-/m1/s1. The Morgan fingerprint density at radius 1 is 0.872 bits per heavy atom. The highest BCUT2D eigenvalue weighted by Crippen LogP contribution is 2.77. The van der Waals surface area contributed by atoms with E-state index in [1.54, 1.807) is 6.92 Å². The molecule has 0 amide bonds. The molecule has 39 heavy (non-hydrogen) atoms. The maximum absolute atomic E-state index is 12.5. The van der Waals surface area contributed by atoms with Gasteiger partial charge in [0, 0.05) is 25.2 Å². The average molecular weight is 543 g/mol. The van der Waals surface area contributed by atoms with E-state index in [4.69, 9.17) is 9.47 Å². The lowest BCUT2D eigenvalue weighted by molar-refractivity contribution is -0.238. The first-order valence-corrected chi connectivity index (χ1v) is 15.6. The molecule has 5 rings (SSSR count). The summed E-state index contributed by atoms with van der Waals surface area (Å²) in [5.74, 6) is 0.977. The Morgan fingerprint density at radius 2 is 1.49 bits per heavy atom. The minimum absolute atomic E-state index is 0.0116. The van der Waals surface area contributed by atoms with Gasteiger partial charge < -0.3 is 14.6 Å². The van der Waals surface area contributed by atoms with E-state index in [0.29, 0.717) is 11.8 Å². The lowest BCUT2D eigenvalue weighted by Gasteiger charge is -2.72. The number of esters is 2. The molecule has 0 saturated heterocycles. The van der Waals surface area contributed by atoms with Gasteiger partial charge in [0.25, 0.3) is 0 Å². The van der Waals surface area contributed by atoms with E-state index in [9.17, 15) is 14.7 Å². The molecule has 0 aliphatic heterocycles. The average Bonchev–Trinajstić information content (AvgIpc) is 3.15. The summed E-state index contributed by atoms with van der Waals surface area (Å²) in [4.78, 5) is 24.4. The largest absolute Gasteiger partial charge is 0.462 e. The second-order valence-electron chi connectivity index (χ2n) is 16.3. The molecule has 5 nitrogen and oxygen atoms in total. The molecule has 5 aliphatic carbocycles. The van der Waals surface area contributed by atoms with Crippen LogP contribution in [0.5, 0.6) is 0 Å². The lowest BCUT2D eigenvalue weighted by atomic mass is 9.33. The highest BCUT2D eigenvalue weighted by atomic mass is 16.5. The Hall–Kier alpha value is -1.36. The highest BCUT2D eigenvalue weighted by molar-refractivity contribution is 5.66. The molecule has 0 radical (unpaired) electrons. The first-order chi connectivity index (χ1) is 17.8. The minimum atomic E-state index is -0.794. The molecule has 4 fully saturated rings. The van der Waals surface area contributed by atoms with Crippen LogP contribution in [0.25, 0.3) is 0 Å². The van der Waals surface area contributed by atoms with Crippen molar-refractivity contribution in [3.63, 3.8) is 0 Å². The summed E-state index contributed by atoms with van der Waals surface area (Å²) in [6.07, 6.45) is 10.6. The molecule has 220 valence electrons. The van der Waals surface area contributed by atoms with Crippen LogP contribution >= 0.6 is 0 Å². The van der Waals surface area contributed by atoms with Crippen molar-refractivity contribution in [1.29, 1.82) is 0 Å². The molecule has 0 spiro atoms. The van der Waals surface area contributed by atoms with Crippen LogP contribution in [-0.2, 0) is 19.1 Å². The normalized spacial score (nSPS) is 48.5. The number of carbonyl (C=O) groups is 2. The molecule has 0 unspecified atom stereocenters. The second-order valence-corrected chi connectivity index (χ2v) is 16.3. The number of allylic oxidation sites excluding steroid dienone is 1. The third-order valence-electron chi connectivity index (χ3n) is 13.7. The minimum Gasteiger partial charge on any atom is -0.462 e. The van der Waals surface area contributed by atoms with Crippen LogP contribution in [0.3, 0.4) is 0 Å². The van der Waals surface area contributed by atoms with Gasteiger partial charge >= 0.3 is 11.9 Å². The van der Waals surface area contributed by atoms with E-state index in [-0.39, 0.29) is 63.1 Å². The van der Waals surface area contributed by atoms with Crippen molar-refractivity contribution in [2.75, 3.05) is 0 Å². The number of fused-ring (bicyclic) bond motifs is 7. The van der Waals surface area contributed by atoms with Crippen LogP contribution in [0.2, 0.25) is 0 Å². The molecule has 10 atom stereocenters. The van der Waals surface area contributed by atoms with Crippen LogP contribution in [-0.4, -0.2) is 34.9 Å². The van der Waals surface area contributed by atoms with Gasteiger partial charge in [-0.2, -0.15) is 0 Å². The quantitative estimate of drug-likeness (QED) is 0.300. The predicted molar refractivity (Wildman–Crippen MR) is 153 cm³/mol. The van der Waals surface area contributed by atoms with E-state index >= 15 is 0 Å². The monoisotopic (exact) mass is 542 g/mol. The van der Waals surface area contributed by atoms with Gasteiger partial charge in [0.05, 0.1) is 5.60 Å². The van der Waals surface area contributed by atoms with Crippen molar-refractivity contribution in [1.82, 2.24) is 0 Å². The second kappa shape index (κ2) is 8.82. The van der Waals surface area contributed by atoms with E-state index in [0.717, 1.165) is 38.5 Å². The van der Waals surface area contributed by atoms with Crippen molar-refractivity contribution in [3.05, 3.63) is 11.6 Å². The molecule has 4 saturated carbocycles. The lowest BCUT2D eigenvalue weighted by Crippen LogP contribution is -2.67. The van der Waals surface area contributed by atoms with Gasteiger partial charge in [0.2, 0.25) is 0 Å². The molecule has 0 aromatic carbocycles. The summed E-state index contributed by atoms with van der Waals surface area (Å²) < 4.78 is 12.1. The molecular formula is C34H54O5. The smallest absolute Gasteiger partial charge is 0.302 e. The molecule has 5 aliphatic rings. The molecule has 1 N–H and O–H groups in total. The topological polar surface area (TPSA) is 72.8 Å². The van der Waals surface area contributed by atoms with Gasteiger partial charge in [0.1, 0.15) is 12.2 Å². The van der Waals surface area contributed by atoms with Crippen molar-refractivity contribution in [2.24, 2.45) is 50.7 Å². The maximum atomic E-state index is 12.5. The van der Waals surface area contributed by atoms with Gasteiger partial charge in [-0.3, -0.25) is 9.59 Å². The van der Waals surface area contributed by atoms with Crippen molar-refractivity contribution in [3.8, 4) is 0 Å². The molecule has 0 heterocycles. The fourth-order valence-corrected chi connectivity index (χ4v) is 12.0. The molecule has 5 heteroatoms. The van der Waals surface area contributed by atoms with Crippen LogP contribution < -0.4 is 0 Å². The summed E-state index contributed by atoms with van der Waals surface area (Å²) in [6, 6.07) is 0. The highest BCUT2D eigenvalue weighted by Gasteiger charge is 2.72. The maximum Gasteiger partial charge on any atom is 0.302 e. The first-order valence-electron chi connectivity index (χ1n) is 15.6. The van der Waals surface area contributed by atoms with E-state index in [2.05, 4.69) is 47.6 Å². The number of carbonyl (C=O) groups excluding carboxylic acids is 2. The van der Waals surface area contributed by atoms with Gasteiger partial charge in [-0.1, -0.05) is 53.2 Å². The molecule has 0 aromatic heterocycles. The third-order valence-corrected chi connectivity index (χ3v) is 13.7. The Morgan fingerprint density at radius 3 is 2.08 bits per heavy atom.